The van der Waals surface area contributed by atoms with Gasteiger partial charge in [-0.3, -0.25) is 4.31 Å². The molecule has 0 saturated carbocycles. The van der Waals surface area contributed by atoms with Crippen molar-refractivity contribution in [1.82, 2.24) is 4.31 Å². The molecule has 6 nitrogen and oxygen atoms in total. The van der Waals surface area contributed by atoms with Gasteiger partial charge in [-0.1, -0.05) is 32.0 Å². The normalized spacial score (nSPS) is 14.7. The van der Waals surface area contributed by atoms with Crippen molar-refractivity contribution in [1.29, 1.82) is 0 Å². The molecular weight excluding hydrogens is 372 g/mol. The van der Waals surface area contributed by atoms with Crippen LogP contribution in [0.4, 0.5) is 5.69 Å². The lowest BCUT2D eigenvalue weighted by atomic mass is 10.2. The molecule has 0 fully saturated rings. The fraction of sp³-hybridized carbons (Fsp3) is 0.333. The molecule has 0 saturated heterocycles. The summed E-state index contributed by atoms with van der Waals surface area (Å²) in [6.45, 7) is 4.68. The van der Waals surface area contributed by atoms with E-state index in [9.17, 15) is 16.8 Å². The van der Waals surface area contributed by atoms with Gasteiger partial charge < -0.3 is 0 Å². The van der Waals surface area contributed by atoms with Crippen LogP contribution in [-0.2, 0) is 26.5 Å². The molecule has 2 aromatic carbocycles. The van der Waals surface area contributed by atoms with Crippen LogP contribution in [0.5, 0.6) is 0 Å². The van der Waals surface area contributed by atoms with E-state index in [1.54, 1.807) is 56.3 Å². The van der Waals surface area contributed by atoms with Crippen LogP contribution < -0.4 is 4.31 Å². The first kappa shape index (κ1) is 18.9. The Hall–Kier alpha value is -1.90. The Kier molecular flexibility index (Phi) is 5.09. The topological polar surface area (TPSA) is 74.8 Å². The van der Waals surface area contributed by atoms with Crippen LogP contribution in [-0.4, -0.2) is 40.8 Å². The highest BCUT2D eigenvalue weighted by Crippen LogP contribution is 2.34. The van der Waals surface area contributed by atoms with Gasteiger partial charge in [-0.05, 0) is 42.3 Å². The second-order valence-corrected chi connectivity index (χ2v) is 9.82. The summed E-state index contributed by atoms with van der Waals surface area (Å²) in [5, 5.41) is 0. The van der Waals surface area contributed by atoms with Crippen molar-refractivity contribution in [3.8, 4) is 0 Å². The summed E-state index contributed by atoms with van der Waals surface area (Å²) in [5.41, 5.74) is 1.28. The molecule has 8 heteroatoms. The van der Waals surface area contributed by atoms with Gasteiger partial charge in [0.15, 0.2) is 0 Å². The number of fused-ring (bicyclic) bond motifs is 1. The summed E-state index contributed by atoms with van der Waals surface area (Å²) in [6, 6.07) is 12.9. The van der Waals surface area contributed by atoms with Crippen LogP contribution in [0.25, 0.3) is 0 Å². The van der Waals surface area contributed by atoms with Gasteiger partial charge in [-0.25, -0.2) is 16.8 Å². The first-order valence-corrected chi connectivity index (χ1v) is 11.4. The third kappa shape index (κ3) is 3.13. The van der Waals surface area contributed by atoms with Gasteiger partial charge in [-0.15, -0.1) is 0 Å². The number of hydrogen-bond acceptors (Lipinski definition) is 4. The Bertz CT molecular complexity index is 999. The Morgan fingerprint density at radius 1 is 0.923 bits per heavy atom. The smallest absolute Gasteiger partial charge is 0.264 e. The maximum Gasteiger partial charge on any atom is 0.264 e. The molecule has 0 N–H and O–H groups in total. The lowest BCUT2D eigenvalue weighted by molar-refractivity contribution is 0.445. The van der Waals surface area contributed by atoms with Crippen LogP contribution in [0.15, 0.2) is 58.3 Å². The zero-order chi connectivity index (χ0) is 18.9. The highest BCUT2D eigenvalue weighted by atomic mass is 32.2. The van der Waals surface area contributed by atoms with Crippen LogP contribution >= 0.6 is 0 Å². The van der Waals surface area contributed by atoms with E-state index in [4.69, 9.17) is 0 Å². The van der Waals surface area contributed by atoms with E-state index in [-0.39, 0.29) is 9.79 Å². The van der Waals surface area contributed by atoms with Crippen molar-refractivity contribution in [2.75, 3.05) is 23.9 Å². The molecule has 26 heavy (non-hydrogen) atoms. The van der Waals surface area contributed by atoms with Gasteiger partial charge in [0, 0.05) is 19.6 Å². The summed E-state index contributed by atoms with van der Waals surface area (Å²) in [6.07, 6.45) is 0.489. The summed E-state index contributed by atoms with van der Waals surface area (Å²) < 4.78 is 53.9. The van der Waals surface area contributed by atoms with Crippen molar-refractivity contribution in [2.24, 2.45) is 0 Å². The second-order valence-electron chi connectivity index (χ2n) is 6.02. The third-order valence-corrected chi connectivity index (χ3v) is 8.45. The van der Waals surface area contributed by atoms with Crippen LogP contribution in [0.1, 0.15) is 19.4 Å². The Balaban J connectivity index is 2.00. The van der Waals surface area contributed by atoms with Gasteiger partial charge in [0.25, 0.3) is 10.0 Å². The van der Waals surface area contributed by atoms with Crippen LogP contribution in [0.2, 0.25) is 0 Å². The quantitative estimate of drug-likeness (QED) is 0.754. The van der Waals surface area contributed by atoms with Crippen molar-refractivity contribution in [3.05, 3.63) is 54.1 Å². The predicted octanol–water partition coefficient (Wildman–Crippen LogP) is 2.47. The summed E-state index contributed by atoms with van der Waals surface area (Å²) in [4.78, 5) is 0.437. The van der Waals surface area contributed by atoms with Gasteiger partial charge in [0.1, 0.15) is 0 Å². The van der Waals surface area contributed by atoms with Gasteiger partial charge in [-0.2, -0.15) is 4.31 Å². The highest BCUT2D eigenvalue weighted by molar-refractivity contribution is 7.92. The fourth-order valence-corrected chi connectivity index (χ4v) is 6.22. The SMILES string of the molecule is CCN(CC)S(=O)(=O)c1ccc2c(c1)CCN2S(=O)(=O)c1ccccc1. The van der Waals surface area contributed by atoms with E-state index in [1.165, 1.54) is 14.7 Å². The lowest BCUT2D eigenvalue weighted by Gasteiger charge is -2.21. The Labute approximate surface area is 155 Å². The van der Waals surface area contributed by atoms with E-state index in [0.29, 0.717) is 31.7 Å². The van der Waals surface area contributed by atoms with Crippen LogP contribution in [0, 0.1) is 0 Å². The number of hydrogen-bond donors (Lipinski definition) is 0. The molecule has 140 valence electrons. The third-order valence-electron chi connectivity index (χ3n) is 4.58. The molecule has 1 aliphatic rings. The Morgan fingerprint density at radius 3 is 2.19 bits per heavy atom. The molecule has 1 heterocycles. The number of sulfonamides is 2. The first-order valence-electron chi connectivity index (χ1n) is 8.53. The maximum absolute atomic E-state index is 12.9. The zero-order valence-corrected chi connectivity index (χ0v) is 16.4. The largest absolute Gasteiger partial charge is 0.266 e. The van der Waals surface area contributed by atoms with E-state index in [2.05, 4.69) is 0 Å². The maximum atomic E-state index is 12.9. The molecule has 0 bridgehead atoms. The lowest BCUT2D eigenvalue weighted by Crippen LogP contribution is -2.30. The van der Waals surface area contributed by atoms with E-state index in [1.807, 2.05) is 0 Å². The molecule has 0 atom stereocenters. The Morgan fingerprint density at radius 2 is 1.58 bits per heavy atom. The average molecular weight is 395 g/mol. The molecule has 0 aromatic heterocycles. The molecule has 1 aliphatic heterocycles. The molecule has 0 radical (unpaired) electrons. The average Bonchev–Trinajstić information content (AvgIpc) is 3.07. The predicted molar refractivity (Wildman–Crippen MR) is 101 cm³/mol. The number of benzene rings is 2. The summed E-state index contributed by atoms with van der Waals surface area (Å²) in [5.74, 6) is 0. The summed E-state index contributed by atoms with van der Waals surface area (Å²) >= 11 is 0. The van der Waals surface area contributed by atoms with Crippen molar-refractivity contribution in [3.63, 3.8) is 0 Å². The van der Waals surface area contributed by atoms with E-state index >= 15 is 0 Å². The number of nitrogens with zero attached hydrogens (tertiary/aromatic N) is 2. The van der Waals surface area contributed by atoms with Crippen molar-refractivity contribution < 1.29 is 16.8 Å². The fourth-order valence-electron chi connectivity index (χ4n) is 3.19. The monoisotopic (exact) mass is 394 g/mol. The zero-order valence-electron chi connectivity index (χ0n) is 14.8. The van der Waals surface area contributed by atoms with Crippen LogP contribution in [0.3, 0.4) is 0 Å². The molecule has 0 amide bonds. The van der Waals surface area contributed by atoms with E-state index < -0.39 is 20.0 Å². The molecule has 3 rings (SSSR count). The van der Waals surface area contributed by atoms with E-state index in [0.717, 1.165) is 5.56 Å². The number of anilines is 1. The van der Waals surface area contributed by atoms with Gasteiger partial charge in [0.05, 0.1) is 15.5 Å². The van der Waals surface area contributed by atoms with Gasteiger partial charge >= 0.3 is 0 Å². The minimum Gasteiger partial charge on any atom is -0.266 e. The molecule has 0 unspecified atom stereocenters. The summed E-state index contributed by atoms with van der Waals surface area (Å²) in [7, 11) is -7.22. The minimum absolute atomic E-state index is 0.207. The molecular formula is C18H22N2O4S2. The first-order chi connectivity index (χ1) is 12.3. The standard InChI is InChI=1S/C18H22N2O4S2/c1-3-19(4-2)25(21,22)17-10-11-18-15(14-17)12-13-20(18)26(23,24)16-8-6-5-7-9-16/h5-11,14H,3-4,12-13H2,1-2H3. The van der Waals surface area contributed by atoms with Crippen molar-refractivity contribution >= 4 is 25.7 Å². The minimum atomic E-state index is -3.65. The second kappa shape index (κ2) is 7.02. The molecule has 2 aromatic rings. The molecule has 0 aliphatic carbocycles. The molecule has 0 spiro atoms. The highest BCUT2D eigenvalue weighted by Gasteiger charge is 2.32. The van der Waals surface area contributed by atoms with Crippen molar-refractivity contribution in [2.45, 2.75) is 30.1 Å². The number of rotatable bonds is 6. The van der Waals surface area contributed by atoms with Gasteiger partial charge in [0.2, 0.25) is 10.0 Å².